The molecule has 4 nitrogen and oxygen atoms in total. The van der Waals surface area contributed by atoms with Crippen LogP contribution in [0.5, 0.6) is 0 Å². The van der Waals surface area contributed by atoms with Crippen LogP contribution >= 0.6 is 0 Å². The van der Waals surface area contributed by atoms with Crippen molar-refractivity contribution in [1.29, 1.82) is 0 Å². The molecular weight excluding hydrogens is 346 g/mol. The van der Waals surface area contributed by atoms with Crippen LogP contribution in [0.25, 0.3) is 10.9 Å². The van der Waals surface area contributed by atoms with Gasteiger partial charge >= 0.3 is 0 Å². The predicted molar refractivity (Wildman–Crippen MR) is 113 cm³/mol. The predicted octanol–water partition coefficient (Wildman–Crippen LogP) is 4.08. The van der Waals surface area contributed by atoms with Gasteiger partial charge in [-0.1, -0.05) is 55.0 Å². The van der Waals surface area contributed by atoms with Gasteiger partial charge in [0, 0.05) is 24.7 Å². The fraction of sp³-hybridized carbons (Fsp3) is 0.333. The van der Waals surface area contributed by atoms with Crippen molar-refractivity contribution < 1.29 is 4.79 Å². The number of piperidine rings is 1. The molecule has 1 N–H and O–H groups in total. The molecule has 0 atom stereocenters. The Bertz CT molecular complexity index is 925. The standard InChI is InChI=1S/C24H27N3O/c28-23(16-22-7-4-6-21-8-5-13-25-24(21)22)26-17-19-9-11-20(12-10-19)18-27-14-2-1-3-15-27/h4-13H,1-3,14-18H2,(H,26,28). The van der Waals surface area contributed by atoms with E-state index in [0.717, 1.165) is 28.6 Å². The Labute approximate surface area is 166 Å². The third kappa shape index (κ3) is 4.76. The fourth-order valence-corrected chi connectivity index (χ4v) is 3.88. The summed E-state index contributed by atoms with van der Waals surface area (Å²) < 4.78 is 0. The minimum atomic E-state index is 0.0237. The molecule has 1 aliphatic rings. The molecule has 1 aromatic heterocycles. The molecule has 3 aromatic rings. The lowest BCUT2D eigenvalue weighted by Gasteiger charge is -2.26. The number of likely N-dealkylation sites (tertiary alicyclic amines) is 1. The van der Waals surface area contributed by atoms with Crippen LogP contribution in [0.4, 0.5) is 0 Å². The maximum atomic E-state index is 12.4. The largest absolute Gasteiger partial charge is 0.352 e. The van der Waals surface area contributed by atoms with Crippen LogP contribution in [0, 0.1) is 0 Å². The maximum absolute atomic E-state index is 12.4. The van der Waals surface area contributed by atoms with Gasteiger partial charge in [-0.2, -0.15) is 0 Å². The summed E-state index contributed by atoms with van der Waals surface area (Å²) in [6.07, 6.45) is 6.12. The molecule has 2 aromatic carbocycles. The van der Waals surface area contributed by atoms with Gasteiger partial charge in [-0.3, -0.25) is 14.7 Å². The van der Waals surface area contributed by atoms with E-state index in [9.17, 15) is 4.79 Å². The zero-order valence-electron chi connectivity index (χ0n) is 16.2. The molecule has 1 amide bonds. The first-order chi connectivity index (χ1) is 13.8. The number of rotatable bonds is 6. The van der Waals surface area contributed by atoms with E-state index in [0.29, 0.717) is 13.0 Å². The number of hydrogen-bond donors (Lipinski definition) is 1. The lowest BCUT2D eigenvalue weighted by Crippen LogP contribution is -2.29. The highest BCUT2D eigenvalue weighted by atomic mass is 16.1. The minimum Gasteiger partial charge on any atom is -0.352 e. The molecule has 28 heavy (non-hydrogen) atoms. The van der Waals surface area contributed by atoms with Gasteiger partial charge in [0.1, 0.15) is 0 Å². The number of pyridine rings is 1. The third-order valence-corrected chi connectivity index (χ3v) is 5.43. The van der Waals surface area contributed by atoms with Gasteiger partial charge in [0.2, 0.25) is 5.91 Å². The first-order valence-electron chi connectivity index (χ1n) is 10.2. The second-order valence-electron chi connectivity index (χ2n) is 7.60. The second-order valence-corrected chi connectivity index (χ2v) is 7.60. The molecule has 0 bridgehead atoms. The van der Waals surface area contributed by atoms with Crippen LogP contribution in [0.1, 0.15) is 36.0 Å². The number of carbonyl (C=O) groups is 1. The van der Waals surface area contributed by atoms with Crippen molar-refractivity contribution in [3.8, 4) is 0 Å². The van der Waals surface area contributed by atoms with Crippen molar-refractivity contribution in [2.24, 2.45) is 0 Å². The van der Waals surface area contributed by atoms with Crippen molar-refractivity contribution in [3.63, 3.8) is 0 Å². The van der Waals surface area contributed by atoms with E-state index in [1.807, 2.05) is 30.3 Å². The molecule has 0 aliphatic carbocycles. The van der Waals surface area contributed by atoms with E-state index >= 15 is 0 Å². The number of nitrogens with one attached hydrogen (secondary N) is 1. The minimum absolute atomic E-state index is 0.0237. The summed E-state index contributed by atoms with van der Waals surface area (Å²) in [5, 5.41) is 4.10. The molecule has 4 heteroatoms. The number of benzene rings is 2. The van der Waals surface area contributed by atoms with E-state index in [2.05, 4.69) is 39.5 Å². The van der Waals surface area contributed by atoms with Gasteiger partial charge in [0.25, 0.3) is 0 Å². The van der Waals surface area contributed by atoms with Gasteiger partial charge in [0.15, 0.2) is 0 Å². The molecule has 0 spiro atoms. The first-order valence-corrected chi connectivity index (χ1v) is 10.2. The zero-order valence-corrected chi connectivity index (χ0v) is 16.2. The molecule has 0 unspecified atom stereocenters. The molecule has 1 saturated heterocycles. The Morgan fingerprint density at radius 3 is 2.50 bits per heavy atom. The number of fused-ring (bicyclic) bond motifs is 1. The summed E-state index contributed by atoms with van der Waals surface area (Å²) in [6, 6.07) is 18.5. The fourth-order valence-electron chi connectivity index (χ4n) is 3.88. The Morgan fingerprint density at radius 1 is 0.929 bits per heavy atom. The first kappa shape index (κ1) is 18.6. The van der Waals surface area contributed by atoms with Gasteiger partial charge in [-0.25, -0.2) is 0 Å². The summed E-state index contributed by atoms with van der Waals surface area (Å²) >= 11 is 0. The molecule has 0 radical (unpaired) electrons. The van der Waals surface area contributed by atoms with Crippen LogP contribution in [-0.4, -0.2) is 28.9 Å². The van der Waals surface area contributed by atoms with E-state index in [4.69, 9.17) is 0 Å². The maximum Gasteiger partial charge on any atom is 0.224 e. The normalized spacial score (nSPS) is 14.9. The SMILES string of the molecule is O=C(Cc1cccc2cccnc12)NCc1ccc(CN2CCCCC2)cc1. The van der Waals surface area contributed by atoms with Crippen molar-refractivity contribution in [2.75, 3.05) is 13.1 Å². The Balaban J connectivity index is 1.30. The number of para-hydroxylation sites is 1. The number of amides is 1. The van der Waals surface area contributed by atoms with Crippen LogP contribution < -0.4 is 5.32 Å². The number of aromatic nitrogens is 1. The summed E-state index contributed by atoms with van der Waals surface area (Å²) in [5.41, 5.74) is 4.35. The average molecular weight is 374 g/mol. The Hall–Kier alpha value is -2.72. The third-order valence-electron chi connectivity index (χ3n) is 5.43. The quantitative estimate of drug-likeness (QED) is 0.708. The highest BCUT2D eigenvalue weighted by Gasteiger charge is 2.11. The molecule has 144 valence electrons. The van der Waals surface area contributed by atoms with Crippen LogP contribution in [0.2, 0.25) is 0 Å². The molecule has 4 rings (SSSR count). The van der Waals surface area contributed by atoms with Gasteiger partial charge in [-0.05, 0) is 48.7 Å². The van der Waals surface area contributed by atoms with Crippen LogP contribution in [0.15, 0.2) is 60.8 Å². The summed E-state index contributed by atoms with van der Waals surface area (Å²) in [4.78, 5) is 19.4. The highest BCUT2D eigenvalue weighted by Crippen LogP contribution is 2.17. The van der Waals surface area contributed by atoms with Crippen LogP contribution in [-0.2, 0) is 24.3 Å². The van der Waals surface area contributed by atoms with E-state index < -0.39 is 0 Å². The van der Waals surface area contributed by atoms with Gasteiger partial charge in [0.05, 0.1) is 11.9 Å². The van der Waals surface area contributed by atoms with E-state index in [1.165, 1.54) is 37.9 Å². The number of carbonyl (C=O) groups excluding carboxylic acids is 1. The van der Waals surface area contributed by atoms with Crippen molar-refractivity contribution in [3.05, 3.63) is 77.5 Å². The second kappa shape index (κ2) is 8.98. The Morgan fingerprint density at radius 2 is 1.68 bits per heavy atom. The van der Waals surface area contributed by atoms with Gasteiger partial charge < -0.3 is 5.32 Å². The molecular formula is C24H27N3O. The van der Waals surface area contributed by atoms with E-state index in [-0.39, 0.29) is 5.91 Å². The number of hydrogen-bond acceptors (Lipinski definition) is 3. The summed E-state index contributed by atoms with van der Waals surface area (Å²) in [5.74, 6) is 0.0237. The topological polar surface area (TPSA) is 45.2 Å². The van der Waals surface area contributed by atoms with Crippen molar-refractivity contribution in [1.82, 2.24) is 15.2 Å². The number of nitrogens with zero attached hydrogens (tertiary/aromatic N) is 2. The Kier molecular flexibility index (Phi) is 5.98. The molecule has 2 heterocycles. The smallest absolute Gasteiger partial charge is 0.224 e. The lowest BCUT2D eigenvalue weighted by atomic mass is 10.1. The van der Waals surface area contributed by atoms with E-state index in [1.54, 1.807) is 6.20 Å². The summed E-state index contributed by atoms with van der Waals surface area (Å²) in [6.45, 7) is 4.00. The van der Waals surface area contributed by atoms with Crippen LogP contribution in [0.3, 0.4) is 0 Å². The molecule has 1 aliphatic heterocycles. The molecule has 1 fully saturated rings. The monoisotopic (exact) mass is 373 g/mol. The van der Waals surface area contributed by atoms with Crippen molar-refractivity contribution >= 4 is 16.8 Å². The zero-order chi connectivity index (χ0) is 19.2. The van der Waals surface area contributed by atoms with Crippen molar-refractivity contribution in [2.45, 2.75) is 38.8 Å². The average Bonchev–Trinajstić information content (AvgIpc) is 2.74. The lowest BCUT2D eigenvalue weighted by molar-refractivity contribution is -0.120. The highest BCUT2D eigenvalue weighted by molar-refractivity contribution is 5.87. The molecule has 0 saturated carbocycles. The summed E-state index contributed by atoms with van der Waals surface area (Å²) in [7, 11) is 0. The van der Waals surface area contributed by atoms with Gasteiger partial charge in [-0.15, -0.1) is 0 Å².